The van der Waals surface area contributed by atoms with E-state index in [1.54, 1.807) is 39.8 Å². The molecule has 0 bridgehead atoms. The van der Waals surface area contributed by atoms with Crippen molar-refractivity contribution in [2.45, 2.75) is 46.3 Å². The molecule has 0 saturated heterocycles. The van der Waals surface area contributed by atoms with Crippen LogP contribution < -0.4 is 15.7 Å². The van der Waals surface area contributed by atoms with Gasteiger partial charge in [-0.25, -0.2) is 14.7 Å². The number of aryl methyl sites for hydroxylation is 1. The predicted octanol–water partition coefficient (Wildman–Crippen LogP) is 5.29. The van der Waals surface area contributed by atoms with Gasteiger partial charge in [0.25, 0.3) is 11.8 Å². The molecule has 1 aliphatic heterocycles. The summed E-state index contributed by atoms with van der Waals surface area (Å²) in [6, 6.07) is 4.80. The minimum atomic E-state index is -4.85. The summed E-state index contributed by atoms with van der Waals surface area (Å²) < 4.78 is 41.4. The molecular formula is C25H24ClF3N6O3. The van der Waals surface area contributed by atoms with E-state index in [0.29, 0.717) is 33.3 Å². The Bertz CT molecular complexity index is 1470. The van der Waals surface area contributed by atoms with Crippen LogP contribution in [-0.4, -0.2) is 37.8 Å². The number of halogens is 4. The Morgan fingerprint density at radius 3 is 2.53 bits per heavy atom. The van der Waals surface area contributed by atoms with Gasteiger partial charge in [-0.15, -0.1) is 0 Å². The van der Waals surface area contributed by atoms with Gasteiger partial charge in [0.15, 0.2) is 11.5 Å². The topological polar surface area (TPSA) is 112 Å². The van der Waals surface area contributed by atoms with Crippen LogP contribution >= 0.6 is 11.6 Å². The maximum absolute atomic E-state index is 13.6. The normalized spacial score (nSPS) is 13.3. The predicted molar refractivity (Wildman–Crippen MR) is 135 cm³/mol. The van der Waals surface area contributed by atoms with Gasteiger partial charge in [-0.2, -0.15) is 18.3 Å². The van der Waals surface area contributed by atoms with Gasteiger partial charge in [-0.1, -0.05) is 17.7 Å². The lowest BCUT2D eigenvalue weighted by atomic mass is 9.93. The third-order valence-electron chi connectivity index (χ3n) is 5.83. The Balaban J connectivity index is 1.86. The number of allylic oxidation sites excluding steroid dienone is 2. The van der Waals surface area contributed by atoms with E-state index >= 15 is 0 Å². The molecule has 0 radical (unpaired) electrons. The first-order valence-corrected chi connectivity index (χ1v) is 11.9. The monoisotopic (exact) mass is 548 g/mol. The molecule has 0 fully saturated rings. The third-order valence-corrected chi connectivity index (χ3v) is 6.12. The molecule has 0 aliphatic carbocycles. The number of carbonyl (C=O) groups excluding carboxylic acids is 2. The number of rotatable bonds is 5. The van der Waals surface area contributed by atoms with Crippen molar-refractivity contribution in [1.82, 2.24) is 20.1 Å². The first-order valence-electron chi connectivity index (χ1n) is 11.5. The van der Waals surface area contributed by atoms with Gasteiger partial charge < -0.3 is 10.6 Å². The van der Waals surface area contributed by atoms with E-state index in [1.165, 1.54) is 18.3 Å². The molecule has 1 aromatic carbocycles. The number of pyridine rings is 1. The van der Waals surface area contributed by atoms with Crippen LogP contribution in [0.1, 0.15) is 58.4 Å². The molecule has 2 amide bonds. The largest absolute Gasteiger partial charge is 0.435 e. The van der Waals surface area contributed by atoms with Gasteiger partial charge in [0.1, 0.15) is 5.69 Å². The van der Waals surface area contributed by atoms with E-state index in [1.807, 2.05) is 0 Å². The molecule has 1 aliphatic rings. The standard InChI is InChI=1S/C25H24ClF3N6O3/c1-12(2)31-24(37)20-15-8-7-14(4)35(38)17(15)10-13(3)21(20)32-23(36)18-11-19(25(27,28)29)33-34(18)22-16(26)6-5-9-30-22/h5-7,9-12,38H,8H2,1-4H3,(H,31,37)(H,32,36). The zero-order valence-electron chi connectivity index (χ0n) is 20.8. The molecule has 3 N–H and O–H groups in total. The summed E-state index contributed by atoms with van der Waals surface area (Å²) in [5.41, 5.74) is 0.112. The maximum Gasteiger partial charge on any atom is 0.435 e. The van der Waals surface area contributed by atoms with Gasteiger partial charge in [0, 0.05) is 24.0 Å². The molecule has 3 aromatic rings. The number of nitrogens with zero attached hydrogens (tertiary/aromatic N) is 4. The second-order valence-corrected chi connectivity index (χ2v) is 9.43. The van der Waals surface area contributed by atoms with Crippen molar-refractivity contribution in [3.63, 3.8) is 0 Å². The number of benzene rings is 1. The molecule has 0 atom stereocenters. The molecule has 200 valence electrons. The third kappa shape index (κ3) is 5.09. The van der Waals surface area contributed by atoms with Crippen molar-refractivity contribution in [3.05, 3.63) is 75.3 Å². The molecule has 0 spiro atoms. The van der Waals surface area contributed by atoms with Crippen LogP contribution in [0.4, 0.5) is 24.5 Å². The van der Waals surface area contributed by atoms with E-state index in [4.69, 9.17) is 11.6 Å². The number of anilines is 2. The summed E-state index contributed by atoms with van der Waals surface area (Å²) in [6.45, 7) is 6.82. The van der Waals surface area contributed by atoms with Crippen molar-refractivity contribution in [1.29, 1.82) is 0 Å². The van der Waals surface area contributed by atoms with Crippen molar-refractivity contribution >= 4 is 34.8 Å². The van der Waals surface area contributed by atoms with Crippen molar-refractivity contribution in [2.75, 3.05) is 10.4 Å². The SMILES string of the molecule is CC1=CCc2c(cc(C)c(NC(=O)c3cc(C(F)(F)F)nn3-c3ncccc3Cl)c2C(=O)NC(C)C)N1O. The van der Waals surface area contributed by atoms with Crippen LogP contribution in [0.5, 0.6) is 0 Å². The number of alkyl halides is 3. The molecule has 2 aromatic heterocycles. The highest BCUT2D eigenvalue weighted by Crippen LogP contribution is 2.38. The number of hydrogen-bond donors (Lipinski definition) is 3. The van der Waals surface area contributed by atoms with Gasteiger partial charge in [-0.3, -0.25) is 14.8 Å². The fraction of sp³-hybridized carbons (Fsp3) is 0.280. The number of hydroxylamine groups is 1. The van der Waals surface area contributed by atoms with E-state index in [2.05, 4.69) is 20.7 Å². The first kappa shape index (κ1) is 27.1. The number of hydrogen-bond acceptors (Lipinski definition) is 6. The van der Waals surface area contributed by atoms with Gasteiger partial charge >= 0.3 is 6.18 Å². The van der Waals surface area contributed by atoms with E-state index in [9.17, 15) is 28.0 Å². The Kier molecular flexibility index (Phi) is 7.22. The maximum atomic E-state index is 13.6. The first-order chi connectivity index (χ1) is 17.8. The second kappa shape index (κ2) is 10.1. The van der Waals surface area contributed by atoms with Crippen LogP contribution in [-0.2, 0) is 12.6 Å². The minimum Gasteiger partial charge on any atom is -0.350 e. The van der Waals surface area contributed by atoms with Crippen LogP contribution in [0.25, 0.3) is 5.82 Å². The molecule has 0 saturated carbocycles. The molecule has 0 unspecified atom stereocenters. The number of carbonyl (C=O) groups is 2. The Labute approximate surface area is 220 Å². The molecule has 3 heterocycles. The van der Waals surface area contributed by atoms with E-state index in [0.717, 1.165) is 5.06 Å². The van der Waals surface area contributed by atoms with Crippen LogP contribution in [0, 0.1) is 6.92 Å². The number of aromatic nitrogens is 3. The number of nitrogens with one attached hydrogen (secondary N) is 2. The Morgan fingerprint density at radius 1 is 1.18 bits per heavy atom. The fourth-order valence-electron chi connectivity index (χ4n) is 4.06. The molecule has 4 rings (SSSR count). The van der Waals surface area contributed by atoms with E-state index in [-0.39, 0.29) is 34.6 Å². The summed E-state index contributed by atoms with van der Waals surface area (Å²) in [6.07, 6.45) is -1.55. The molecular weight excluding hydrogens is 525 g/mol. The lowest BCUT2D eigenvalue weighted by Crippen LogP contribution is -2.33. The summed E-state index contributed by atoms with van der Waals surface area (Å²) in [5, 5.41) is 20.4. The van der Waals surface area contributed by atoms with Crippen LogP contribution in [0.3, 0.4) is 0 Å². The molecule has 38 heavy (non-hydrogen) atoms. The molecule has 9 nitrogen and oxygen atoms in total. The smallest absolute Gasteiger partial charge is 0.350 e. The highest BCUT2D eigenvalue weighted by Gasteiger charge is 2.37. The van der Waals surface area contributed by atoms with Gasteiger partial charge in [-0.05, 0) is 63.4 Å². The van der Waals surface area contributed by atoms with Crippen molar-refractivity contribution < 1.29 is 28.0 Å². The number of amides is 2. The van der Waals surface area contributed by atoms with Crippen LogP contribution in [0.15, 0.2) is 42.2 Å². The minimum absolute atomic E-state index is 0.0227. The highest BCUT2D eigenvalue weighted by atomic mass is 35.5. The van der Waals surface area contributed by atoms with Gasteiger partial charge in [0.2, 0.25) is 0 Å². The quantitative estimate of drug-likeness (QED) is 0.399. The number of fused-ring (bicyclic) bond motifs is 1. The molecule has 13 heteroatoms. The lowest BCUT2D eigenvalue weighted by molar-refractivity contribution is -0.141. The highest BCUT2D eigenvalue weighted by molar-refractivity contribution is 6.32. The average molecular weight is 549 g/mol. The second-order valence-electron chi connectivity index (χ2n) is 9.02. The lowest BCUT2D eigenvalue weighted by Gasteiger charge is -2.29. The van der Waals surface area contributed by atoms with Crippen LogP contribution in [0.2, 0.25) is 5.02 Å². The van der Waals surface area contributed by atoms with E-state index < -0.39 is 29.4 Å². The zero-order chi connectivity index (χ0) is 27.9. The van der Waals surface area contributed by atoms with Gasteiger partial charge in [0.05, 0.1) is 22.0 Å². The average Bonchev–Trinajstić information content (AvgIpc) is 3.28. The van der Waals surface area contributed by atoms with Crippen molar-refractivity contribution in [3.8, 4) is 5.82 Å². The summed E-state index contributed by atoms with van der Waals surface area (Å²) in [4.78, 5) is 30.8. The summed E-state index contributed by atoms with van der Waals surface area (Å²) in [7, 11) is 0. The zero-order valence-corrected chi connectivity index (χ0v) is 21.6. The Morgan fingerprint density at radius 2 is 1.89 bits per heavy atom. The summed E-state index contributed by atoms with van der Waals surface area (Å²) in [5.74, 6) is -1.67. The Hall–Kier alpha value is -3.90. The fourth-order valence-corrected chi connectivity index (χ4v) is 4.26. The summed E-state index contributed by atoms with van der Waals surface area (Å²) >= 11 is 6.14. The van der Waals surface area contributed by atoms with Crippen molar-refractivity contribution in [2.24, 2.45) is 0 Å².